The zero-order valence-corrected chi connectivity index (χ0v) is 11.0. The minimum atomic E-state index is -0.838. The van der Waals surface area contributed by atoms with Gasteiger partial charge in [-0.15, -0.1) is 0 Å². The predicted octanol–water partition coefficient (Wildman–Crippen LogP) is 3.53. The maximum absolute atomic E-state index is 13.4. The molecule has 0 radical (unpaired) electrons. The molecule has 0 aliphatic carbocycles. The summed E-state index contributed by atoms with van der Waals surface area (Å²) < 4.78 is 19.2. The van der Waals surface area contributed by atoms with Gasteiger partial charge in [0, 0.05) is 4.47 Å². The molecular weight excluding hydrogens is 299 g/mol. The van der Waals surface area contributed by atoms with E-state index in [1.807, 2.05) is 30.3 Å². The Morgan fingerprint density at radius 2 is 1.83 bits per heavy atom. The highest BCUT2D eigenvalue weighted by atomic mass is 79.9. The van der Waals surface area contributed by atoms with E-state index in [0.29, 0.717) is 4.47 Å². The van der Waals surface area contributed by atoms with Crippen molar-refractivity contribution in [1.29, 1.82) is 0 Å². The predicted molar refractivity (Wildman–Crippen MR) is 71.1 cm³/mol. The summed E-state index contributed by atoms with van der Waals surface area (Å²) in [5, 5.41) is 0. The number of halogens is 2. The largest absolute Gasteiger partial charge is 0.485 e. The van der Waals surface area contributed by atoms with Crippen molar-refractivity contribution in [2.24, 2.45) is 0 Å². The molecule has 0 fully saturated rings. The first kappa shape index (κ1) is 12.8. The van der Waals surface area contributed by atoms with Crippen molar-refractivity contribution < 1.29 is 9.13 Å². The highest BCUT2D eigenvalue weighted by Gasteiger charge is 2.05. The third-order valence-corrected chi connectivity index (χ3v) is 2.83. The Hall–Kier alpha value is -1.68. The molecule has 2 rings (SSSR count). The van der Waals surface area contributed by atoms with Crippen molar-refractivity contribution in [2.45, 2.75) is 6.61 Å². The molecule has 0 aliphatic heterocycles. The first-order valence-corrected chi connectivity index (χ1v) is 6.12. The number of hydrogen-bond acceptors (Lipinski definition) is 2. The van der Waals surface area contributed by atoms with Crippen molar-refractivity contribution in [3.05, 3.63) is 74.6 Å². The summed E-state index contributed by atoms with van der Waals surface area (Å²) in [4.78, 5) is 11.6. The lowest BCUT2D eigenvalue weighted by Gasteiger charge is -2.03. The molecule has 2 nitrogen and oxygen atoms in total. The van der Waals surface area contributed by atoms with E-state index in [0.717, 1.165) is 11.6 Å². The van der Waals surface area contributed by atoms with E-state index < -0.39 is 11.2 Å². The van der Waals surface area contributed by atoms with E-state index in [1.54, 1.807) is 6.07 Å². The van der Waals surface area contributed by atoms with Gasteiger partial charge >= 0.3 is 0 Å². The molecule has 0 amide bonds. The van der Waals surface area contributed by atoms with Crippen molar-refractivity contribution in [3.8, 4) is 5.75 Å². The summed E-state index contributed by atoms with van der Waals surface area (Å²) in [5.74, 6) is -0.836. The van der Waals surface area contributed by atoms with Gasteiger partial charge in [-0.1, -0.05) is 46.3 Å². The van der Waals surface area contributed by atoms with E-state index in [4.69, 9.17) is 4.74 Å². The van der Waals surface area contributed by atoms with Crippen molar-refractivity contribution in [3.63, 3.8) is 0 Å². The monoisotopic (exact) mass is 308 g/mol. The molecule has 2 aromatic carbocycles. The third-order valence-electron chi connectivity index (χ3n) is 2.34. The Labute approximate surface area is 112 Å². The fourth-order valence-corrected chi connectivity index (χ4v) is 1.77. The Balaban J connectivity index is 2.23. The van der Waals surface area contributed by atoms with Gasteiger partial charge in [0.2, 0.25) is 0 Å². The Kier molecular flexibility index (Phi) is 4.10. The lowest BCUT2D eigenvalue weighted by molar-refractivity contribution is 0.302. The first-order valence-electron chi connectivity index (χ1n) is 5.33. The minimum absolute atomic E-state index is 0.00190. The van der Waals surface area contributed by atoms with Crippen LogP contribution >= 0.6 is 15.9 Å². The van der Waals surface area contributed by atoms with Crippen molar-refractivity contribution in [2.75, 3.05) is 0 Å². The van der Waals surface area contributed by atoms with Gasteiger partial charge in [-0.3, -0.25) is 4.79 Å². The molecule has 0 bridgehead atoms. The third kappa shape index (κ3) is 3.17. The summed E-state index contributed by atoms with van der Waals surface area (Å²) in [7, 11) is 0. The van der Waals surface area contributed by atoms with Crippen LogP contribution in [0.25, 0.3) is 0 Å². The van der Waals surface area contributed by atoms with Crippen LogP contribution in [0.3, 0.4) is 0 Å². The van der Waals surface area contributed by atoms with E-state index in [9.17, 15) is 9.18 Å². The van der Waals surface area contributed by atoms with Gasteiger partial charge < -0.3 is 4.74 Å². The van der Waals surface area contributed by atoms with E-state index >= 15 is 0 Å². The maximum Gasteiger partial charge on any atom is 0.255 e. The highest BCUT2D eigenvalue weighted by Crippen LogP contribution is 2.13. The number of ether oxygens (including phenoxy) is 1. The quantitative estimate of drug-likeness (QED) is 0.867. The van der Waals surface area contributed by atoms with Crippen LogP contribution in [0.4, 0.5) is 4.39 Å². The summed E-state index contributed by atoms with van der Waals surface area (Å²) in [5.41, 5.74) is 0.180. The van der Waals surface area contributed by atoms with Crippen LogP contribution in [-0.2, 0) is 6.61 Å². The number of rotatable bonds is 3. The lowest BCUT2D eigenvalue weighted by Crippen LogP contribution is -2.08. The van der Waals surface area contributed by atoms with Gasteiger partial charge in [0.25, 0.3) is 5.43 Å². The van der Waals surface area contributed by atoms with Crippen LogP contribution in [0.2, 0.25) is 0 Å². The van der Waals surface area contributed by atoms with Gasteiger partial charge in [0.1, 0.15) is 6.61 Å². The SMILES string of the molecule is O=c1c(F)cc(Br)ccc1OCc1ccccc1. The fraction of sp³-hybridized carbons (Fsp3) is 0.0714. The van der Waals surface area contributed by atoms with E-state index in [2.05, 4.69) is 15.9 Å². The molecule has 0 aromatic heterocycles. The normalized spacial score (nSPS) is 10.1. The van der Waals surface area contributed by atoms with Gasteiger partial charge in [-0.05, 0) is 23.8 Å². The molecular formula is C14H10BrFO2. The Bertz CT molecular complexity index is 599. The van der Waals surface area contributed by atoms with Crippen LogP contribution < -0.4 is 10.2 Å². The van der Waals surface area contributed by atoms with Crippen LogP contribution in [0.5, 0.6) is 5.75 Å². The van der Waals surface area contributed by atoms with Crippen LogP contribution in [0, 0.1) is 5.82 Å². The second kappa shape index (κ2) is 5.78. The molecule has 0 atom stereocenters. The average molecular weight is 309 g/mol. The number of benzene rings is 1. The Morgan fingerprint density at radius 3 is 2.56 bits per heavy atom. The highest BCUT2D eigenvalue weighted by molar-refractivity contribution is 9.10. The smallest absolute Gasteiger partial charge is 0.255 e. The topological polar surface area (TPSA) is 26.3 Å². The second-order valence-electron chi connectivity index (χ2n) is 3.68. The molecule has 18 heavy (non-hydrogen) atoms. The molecule has 2 aromatic rings. The number of hydrogen-bond donors (Lipinski definition) is 0. The molecule has 0 spiro atoms. The lowest BCUT2D eigenvalue weighted by atomic mass is 10.2. The fourth-order valence-electron chi connectivity index (χ4n) is 1.43. The van der Waals surface area contributed by atoms with Gasteiger partial charge in [0.15, 0.2) is 11.6 Å². The first-order chi connectivity index (χ1) is 8.66. The summed E-state index contributed by atoms with van der Waals surface area (Å²) in [6.07, 6.45) is 0. The minimum Gasteiger partial charge on any atom is -0.485 e. The van der Waals surface area contributed by atoms with Crippen LogP contribution in [-0.4, -0.2) is 0 Å². The molecule has 0 saturated carbocycles. The molecule has 0 N–H and O–H groups in total. The standard InChI is InChI=1S/C14H10BrFO2/c15-11-6-7-13(14(17)12(16)8-11)18-9-10-4-2-1-3-5-10/h1-8H,9H2. The van der Waals surface area contributed by atoms with E-state index in [1.165, 1.54) is 6.07 Å². The van der Waals surface area contributed by atoms with Crippen LogP contribution in [0.15, 0.2) is 57.8 Å². The molecule has 0 saturated heterocycles. The summed E-state index contributed by atoms with van der Waals surface area (Å²) in [6.45, 7) is 0.233. The van der Waals surface area contributed by atoms with E-state index in [-0.39, 0.29) is 12.4 Å². The molecule has 4 heteroatoms. The molecule has 0 heterocycles. The zero-order valence-electron chi connectivity index (χ0n) is 9.40. The maximum atomic E-state index is 13.4. The summed E-state index contributed by atoms with van der Waals surface area (Å²) >= 11 is 3.12. The van der Waals surface area contributed by atoms with Gasteiger partial charge in [0.05, 0.1) is 0 Å². The zero-order chi connectivity index (χ0) is 13.0. The molecule has 92 valence electrons. The van der Waals surface area contributed by atoms with Gasteiger partial charge in [-0.2, -0.15) is 0 Å². The molecule has 0 aliphatic rings. The van der Waals surface area contributed by atoms with Crippen molar-refractivity contribution in [1.82, 2.24) is 0 Å². The molecule has 0 unspecified atom stereocenters. The average Bonchev–Trinajstić information content (AvgIpc) is 2.50. The second-order valence-corrected chi connectivity index (χ2v) is 4.59. The van der Waals surface area contributed by atoms with Gasteiger partial charge in [-0.25, -0.2) is 4.39 Å². The van der Waals surface area contributed by atoms with Crippen LogP contribution in [0.1, 0.15) is 5.56 Å². The van der Waals surface area contributed by atoms with Crippen molar-refractivity contribution >= 4 is 15.9 Å². The Morgan fingerprint density at radius 1 is 1.11 bits per heavy atom. The summed E-state index contributed by atoms with van der Waals surface area (Å²) in [6, 6.07) is 13.5.